The predicted octanol–water partition coefficient (Wildman–Crippen LogP) is 0.147. The van der Waals surface area contributed by atoms with Crippen molar-refractivity contribution < 1.29 is 9.90 Å². The summed E-state index contributed by atoms with van der Waals surface area (Å²) in [5, 5.41) is 20.0. The zero-order valence-corrected chi connectivity index (χ0v) is 9.56. The fraction of sp³-hybridized carbons (Fsp3) is 0.500. The van der Waals surface area contributed by atoms with E-state index in [1.807, 2.05) is 13.8 Å². The molecule has 1 heterocycles. The number of aromatic nitrogens is 2. The summed E-state index contributed by atoms with van der Waals surface area (Å²) in [6.07, 6.45) is -0.551. The number of carbonyl (C=O) groups is 1. The molecule has 1 aromatic heterocycles. The molecule has 0 aliphatic heterocycles. The van der Waals surface area contributed by atoms with Crippen LogP contribution in [0.3, 0.4) is 0 Å². The Morgan fingerprint density at radius 3 is 2.50 bits per heavy atom. The summed E-state index contributed by atoms with van der Waals surface area (Å²) in [6, 6.07) is 3.08. The van der Waals surface area contributed by atoms with Crippen molar-refractivity contribution in [1.82, 2.24) is 10.2 Å². The summed E-state index contributed by atoms with van der Waals surface area (Å²) >= 11 is 0. The van der Waals surface area contributed by atoms with E-state index in [0.29, 0.717) is 5.82 Å². The van der Waals surface area contributed by atoms with Gasteiger partial charge in [-0.3, -0.25) is 4.79 Å². The maximum absolute atomic E-state index is 10.8. The minimum absolute atomic E-state index is 0.111. The normalized spacial score (nSPS) is 13.2. The van der Waals surface area contributed by atoms with Crippen molar-refractivity contribution in [3.8, 4) is 0 Å². The standard InChI is InChI=1S/C10H16N4O2/c1-6(15)10(2,3)12-8-5-4-7(9(11)16)13-14-8/h4-6,15H,1-3H3,(H2,11,16)(H,12,14). The van der Waals surface area contributed by atoms with Gasteiger partial charge in [-0.15, -0.1) is 10.2 Å². The molecule has 0 fully saturated rings. The number of nitrogens with one attached hydrogen (secondary N) is 1. The van der Waals surface area contributed by atoms with E-state index in [0.717, 1.165) is 0 Å². The smallest absolute Gasteiger partial charge is 0.269 e. The number of primary amides is 1. The van der Waals surface area contributed by atoms with Crippen molar-refractivity contribution in [2.45, 2.75) is 32.4 Å². The molecule has 0 aliphatic rings. The van der Waals surface area contributed by atoms with Crippen LogP contribution in [0, 0.1) is 0 Å². The first-order valence-electron chi connectivity index (χ1n) is 4.92. The molecular formula is C10H16N4O2. The fourth-order valence-electron chi connectivity index (χ4n) is 0.965. The van der Waals surface area contributed by atoms with E-state index in [-0.39, 0.29) is 5.69 Å². The van der Waals surface area contributed by atoms with Crippen LogP contribution in [0.1, 0.15) is 31.3 Å². The molecule has 1 atom stereocenters. The van der Waals surface area contributed by atoms with Crippen LogP contribution in [-0.2, 0) is 0 Å². The molecule has 0 spiro atoms. The van der Waals surface area contributed by atoms with Crippen LogP contribution >= 0.6 is 0 Å². The van der Waals surface area contributed by atoms with Gasteiger partial charge in [-0.05, 0) is 32.9 Å². The van der Waals surface area contributed by atoms with Gasteiger partial charge in [0.1, 0.15) is 5.82 Å². The highest BCUT2D eigenvalue weighted by molar-refractivity contribution is 5.90. The second-order valence-corrected chi connectivity index (χ2v) is 4.19. The molecule has 16 heavy (non-hydrogen) atoms. The Morgan fingerprint density at radius 1 is 1.50 bits per heavy atom. The number of rotatable bonds is 4. The number of nitrogens with zero attached hydrogens (tertiary/aromatic N) is 2. The molecule has 88 valence electrons. The van der Waals surface area contributed by atoms with Crippen molar-refractivity contribution in [3.63, 3.8) is 0 Å². The topological polar surface area (TPSA) is 101 Å². The molecule has 1 rings (SSSR count). The van der Waals surface area contributed by atoms with Crippen LogP contribution in [-0.4, -0.2) is 32.9 Å². The van der Waals surface area contributed by atoms with Gasteiger partial charge in [0.05, 0.1) is 11.6 Å². The maximum atomic E-state index is 10.8. The van der Waals surface area contributed by atoms with Gasteiger partial charge < -0.3 is 16.2 Å². The van der Waals surface area contributed by atoms with Crippen LogP contribution in [0.5, 0.6) is 0 Å². The maximum Gasteiger partial charge on any atom is 0.269 e. The quantitative estimate of drug-likeness (QED) is 0.675. The van der Waals surface area contributed by atoms with Crippen molar-refractivity contribution in [2.24, 2.45) is 5.73 Å². The largest absolute Gasteiger partial charge is 0.391 e. The molecule has 0 saturated carbocycles. The van der Waals surface area contributed by atoms with E-state index in [2.05, 4.69) is 15.5 Å². The number of carbonyl (C=O) groups excluding carboxylic acids is 1. The third-order valence-corrected chi connectivity index (χ3v) is 2.41. The van der Waals surface area contributed by atoms with Gasteiger partial charge in [-0.25, -0.2) is 0 Å². The first kappa shape index (κ1) is 12.4. The minimum Gasteiger partial charge on any atom is -0.391 e. The number of aliphatic hydroxyl groups excluding tert-OH is 1. The van der Waals surface area contributed by atoms with E-state index >= 15 is 0 Å². The highest BCUT2D eigenvalue weighted by Gasteiger charge is 2.24. The number of hydrogen-bond acceptors (Lipinski definition) is 5. The third-order valence-electron chi connectivity index (χ3n) is 2.41. The number of anilines is 1. The van der Waals surface area contributed by atoms with Crippen LogP contribution in [0.4, 0.5) is 5.82 Å². The lowest BCUT2D eigenvalue weighted by atomic mass is 9.99. The first-order valence-corrected chi connectivity index (χ1v) is 4.92. The zero-order chi connectivity index (χ0) is 12.3. The molecule has 4 N–H and O–H groups in total. The first-order chi connectivity index (χ1) is 7.33. The Bertz CT molecular complexity index is 373. The summed E-state index contributed by atoms with van der Waals surface area (Å²) in [4.78, 5) is 10.8. The Morgan fingerprint density at radius 2 is 2.12 bits per heavy atom. The molecule has 0 radical (unpaired) electrons. The summed E-state index contributed by atoms with van der Waals surface area (Å²) in [5.41, 5.74) is 4.62. The van der Waals surface area contributed by atoms with E-state index in [1.54, 1.807) is 13.0 Å². The molecule has 1 unspecified atom stereocenters. The van der Waals surface area contributed by atoms with Gasteiger partial charge in [-0.1, -0.05) is 0 Å². The van der Waals surface area contributed by atoms with Crippen molar-refractivity contribution >= 4 is 11.7 Å². The van der Waals surface area contributed by atoms with Crippen LogP contribution in [0.2, 0.25) is 0 Å². The van der Waals surface area contributed by atoms with Crippen LogP contribution < -0.4 is 11.1 Å². The van der Waals surface area contributed by atoms with Crippen molar-refractivity contribution in [2.75, 3.05) is 5.32 Å². The third kappa shape index (κ3) is 2.90. The van der Waals surface area contributed by atoms with E-state index in [9.17, 15) is 9.90 Å². The lowest BCUT2D eigenvalue weighted by molar-refractivity contribution is 0.0994. The van der Waals surface area contributed by atoms with Gasteiger partial charge in [0.25, 0.3) is 5.91 Å². The summed E-state index contributed by atoms with van der Waals surface area (Å²) in [7, 11) is 0. The van der Waals surface area contributed by atoms with Crippen LogP contribution in [0.15, 0.2) is 12.1 Å². The van der Waals surface area contributed by atoms with Crippen molar-refractivity contribution in [3.05, 3.63) is 17.8 Å². The molecule has 1 aromatic rings. The minimum atomic E-state index is -0.617. The van der Waals surface area contributed by atoms with Gasteiger partial charge in [-0.2, -0.15) is 0 Å². The number of hydrogen-bond donors (Lipinski definition) is 3. The molecule has 0 bridgehead atoms. The van der Waals surface area contributed by atoms with Gasteiger partial charge in [0, 0.05) is 0 Å². The number of nitrogens with two attached hydrogens (primary N) is 1. The summed E-state index contributed by atoms with van der Waals surface area (Å²) in [5.74, 6) is -0.135. The van der Waals surface area contributed by atoms with Gasteiger partial charge in [0.15, 0.2) is 5.69 Å². The molecular weight excluding hydrogens is 208 g/mol. The monoisotopic (exact) mass is 224 g/mol. The van der Waals surface area contributed by atoms with E-state index in [1.165, 1.54) is 6.07 Å². The highest BCUT2D eigenvalue weighted by Crippen LogP contribution is 2.15. The SMILES string of the molecule is CC(O)C(C)(C)Nc1ccc(C(N)=O)nn1. The van der Waals surface area contributed by atoms with Crippen molar-refractivity contribution in [1.29, 1.82) is 0 Å². The molecule has 6 nitrogen and oxygen atoms in total. The van der Waals surface area contributed by atoms with Gasteiger partial charge >= 0.3 is 0 Å². The van der Waals surface area contributed by atoms with E-state index in [4.69, 9.17) is 5.73 Å². The second kappa shape index (κ2) is 4.44. The average Bonchev–Trinajstić information content (AvgIpc) is 2.17. The lowest BCUT2D eigenvalue weighted by Gasteiger charge is -2.29. The molecule has 0 aliphatic carbocycles. The Hall–Kier alpha value is -1.69. The number of aliphatic hydroxyl groups is 1. The predicted molar refractivity (Wildman–Crippen MR) is 59.9 cm³/mol. The highest BCUT2D eigenvalue weighted by atomic mass is 16.3. The summed E-state index contributed by atoms with van der Waals surface area (Å²) < 4.78 is 0. The Kier molecular flexibility index (Phi) is 3.44. The second-order valence-electron chi connectivity index (χ2n) is 4.19. The Balaban J connectivity index is 2.80. The Labute approximate surface area is 93.9 Å². The average molecular weight is 224 g/mol. The fourth-order valence-corrected chi connectivity index (χ4v) is 0.965. The zero-order valence-electron chi connectivity index (χ0n) is 9.56. The molecule has 1 amide bonds. The molecule has 0 aromatic carbocycles. The summed E-state index contributed by atoms with van der Waals surface area (Å²) in [6.45, 7) is 5.35. The van der Waals surface area contributed by atoms with Gasteiger partial charge in [0.2, 0.25) is 0 Å². The lowest BCUT2D eigenvalue weighted by Crippen LogP contribution is -2.42. The van der Waals surface area contributed by atoms with Crippen LogP contribution in [0.25, 0.3) is 0 Å². The molecule has 6 heteroatoms. The molecule has 0 saturated heterocycles. The number of amides is 1. The van der Waals surface area contributed by atoms with E-state index < -0.39 is 17.6 Å².